The average molecular weight is 252 g/mol. The van der Waals surface area contributed by atoms with Crippen molar-refractivity contribution in [3.05, 3.63) is 44.8 Å². The van der Waals surface area contributed by atoms with E-state index in [1.165, 1.54) is 16.8 Å². The highest BCUT2D eigenvalue weighted by molar-refractivity contribution is 5.80. The summed E-state index contributed by atoms with van der Waals surface area (Å²) in [6.07, 6.45) is 3.23. The van der Waals surface area contributed by atoms with E-state index in [9.17, 15) is 14.4 Å². The molecule has 0 aliphatic rings. The highest BCUT2D eigenvalue weighted by atomic mass is 16.4. The first kappa shape index (κ1) is 14.0. The van der Waals surface area contributed by atoms with Crippen LogP contribution in [0.3, 0.4) is 0 Å². The Kier molecular flexibility index (Phi) is 4.65. The molecule has 0 aromatic carbocycles. The van der Waals surface area contributed by atoms with Crippen LogP contribution in [0, 0.1) is 0 Å². The molecule has 0 unspecified atom stereocenters. The van der Waals surface area contributed by atoms with Crippen LogP contribution < -0.4 is 11.2 Å². The summed E-state index contributed by atoms with van der Waals surface area (Å²) < 4.78 is 2.47. The number of carboxylic acids is 1. The van der Waals surface area contributed by atoms with Gasteiger partial charge in [0.05, 0.1) is 6.54 Å². The SMILES string of the molecule is CCCn1ccc(=O)n(CC(C)=CC(=O)O)c1=O. The number of carboxylic acid groups (broad SMARTS) is 1. The molecule has 0 atom stereocenters. The van der Waals surface area contributed by atoms with E-state index < -0.39 is 17.2 Å². The summed E-state index contributed by atoms with van der Waals surface area (Å²) >= 11 is 0. The molecule has 1 N–H and O–H groups in total. The molecule has 0 saturated heterocycles. The highest BCUT2D eigenvalue weighted by Gasteiger charge is 2.05. The first-order valence-electron chi connectivity index (χ1n) is 5.66. The second kappa shape index (κ2) is 6.00. The van der Waals surface area contributed by atoms with Crippen molar-refractivity contribution in [3.8, 4) is 0 Å². The Balaban J connectivity index is 3.16. The van der Waals surface area contributed by atoms with Crippen LogP contribution in [-0.2, 0) is 17.9 Å². The molecule has 6 heteroatoms. The molecule has 6 nitrogen and oxygen atoms in total. The largest absolute Gasteiger partial charge is 0.478 e. The van der Waals surface area contributed by atoms with Gasteiger partial charge in [-0.2, -0.15) is 0 Å². The molecule has 0 radical (unpaired) electrons. The molecule has 0 bridgehead atoms. The zero-order valence-electron chi connectivity index (χ0n) is 10.4. The third-order valence-corrected chi connectivity index (χ3v) is 2.38. The number of aryl methyl sites for hydroxylation is 1. The molecule has 0 amide bonds. The van der Waals surface area contributed by atoms with Crippen LogP contribution in [0.1, 0.15) is 20.3 Å². The van der Waals surface area contributed by atoms with Crippen LogP contribution in [0.4, 0.5) is 0 Å². The molecule has 18 heavy (non-hydrogen) atoms. The molecule has 1 heterocycles. The number of aromatic nitrogens is 2. The van der Waals surface area contributed by atoms with Gasteiger partial charge in [-0.15, -0.1) is 0 Å². The number of rotatable bonds is 5. The van der Waals surface area contributed by atoms with Crippen LogP contribution in [0.15, 0.2) is 33.5 Å². The van der Waals surface area contributed by atoms with Crippen LogP contribution in [0.5, 0.6) is 0 Å². The third kappa shape index (κ3) is 3.44. The normalized spacial score (nSPS) is 11.6. The van der Waals surface area contributed by atoms with Gasteiger partial charge < -0.3 is 9.67 Å². The predicted octanol–water partition coefficient (Wildman–Crippen LogP) is 0.451. The minimum absolute atomic E-state index is 0.00544. The number of aliphatic carboxylic acids is 1. The summed E-state index contributed by atoms with van der Waals surface area (Å²) in [5, 5.41) is 8.59. The second-order valence-electron chi connectivity index (χ2n) is 4.05. The van der Waals surface area contributed by atoms with Gasteiger partial charge in [0, 0.05) is 24.9 Å². The molecular weight excluding hydrogens is 236 g/mol. The standard InChI is InChI=1S/C12H16N2O4/c1-3-5-13-6-4-10(15)14(12(13)18)8-9(2)7-11(16)17/h4,6-7H,3,5,8H2,1-2H3,(H,16,17). The maximum Gasteiger partial charge on any atom is 0.331 e. The van der Waals surface area contributed by atoms with Crippen molar-refractivity contribution in [2.24, 2.45) is 0 Å². The summed E-state index contributed by atoms with van der Waals surface area (Å²) in [7, 11) is 0. The summed E-state index contributed by atoms with van der Waals surface area (Å²) in [6.45, 7) is 4.02. The van der Waals surface area contributed by atoms with E-state index in [4.69, 9.17) is 5.11 Å². The van der Waals surface area contributed by atoms with Crippen LogP contribution >= 0.6 is 0 Å². The van der Waals surface area contributed by atoms with Crippen molar-refractivity contribution in [1.29, 1.82) is 0 Å². The quantitative estimate of drug-likeness (QED) is 0.771. The van der Waals surface area contributed by atoms with Crippen LogP contribution in [0.2, 0.25) is 0 Å². The Morgan fingerprint density at radius 1 is 1.44 bits per heavy atom. The zero-order valence-corrected chi connectivity index (χ0v) is 10.4. The van der Waals surface area contributed by atoms with E-state index >= 15 is 0 Å². The second-order valence-corrected chi connectivity index (χ2v) is 4.05. The summed E-state index contributed by atoms with van der Waals surface area (Å²) in [6, 6.07) is 1.31. The fourth-order valence-corrected chi connectivity index (χ4v) is 1.62. The van der Waals surface area contributed by atoms with Crippen molar-refractivity contribution in [1.82, 2.24) is 9.13 Å². The van der Waals surface area contributed by atoms with Gasteiger partial charge in [0.15, 0.2) is 0 Å². The zero-order chi connectivity index (χ0) is 13.7. The fourth-order valence-electron chi connectivity index (χ4n) is 1.62. The molecule has 1 rings (SSSR count). The number of carbonyl (C=O) groups is 1. The van der Waals surface area contributed by atoms with Gasteiger partial charge in [-0.05, 0) is 18.9 Å². The van der Waals surface area contributed by atoms with E-state index in [-0.39, 0.29) is 6.54 Å². The van der Waals surface area contributed by atoms with Gasteiger partial charge in [0.25, 0.3) is 5.56 Å². The fraction of sp³-hybridized carbons (Fsp3) is 0.417. The number of allylic oxidation sites excluding steroid dienone is 1. The lowest BCUT2D eigenvalue weighted by Crippen LogP contribution is -2.39. The smallest absolute Gasteiger partial charge is 0.331 e. The first-order chi connectivity index (χ1) is 8.45. The first-order valence-corrected chi connectivity index (χ1v) is 5.66. The van der Waals surface area contributed by atoms with Crippen molar-refractivity contribution < 1.29 is 9.90 Å². The molecule has 0 aliphatic heterocycles. The van der Waals surface area contributed by atoms with Gasteiger partial charge in [-0.3, -0.25) is 9.36 Å². The van der Waals surface area contributed by atoms with E-state index in [0.29, 0.717) is 12.1 Å². The van der Waals surface area contributed by atoms with Gasteiger partial charge in [-0.25, -0.2) is 9.59 Å². The number of hydrogen-bond acceptors (Lipinski definition) is 3. The summed E-state index contributed by atoms with van der Waals surface area (Å²) in [4.78, 5) is 34.0. The Bertz CT molecular complexity index is 580. The van der Waals surface area contributed by atoms with Gasteiger partial charge in [0.1, 0.15) is 0 Å². The topological polar surface area (TPSA) is 81.3 Å². The lowest BCUT2D eigenvalue weighted by atomic mass is 10.3. The Morgan fingerprint density at radius 2 is 2.11 bits per heavy atom. The molecule has 0 saturated carbocycles. The van der Waals surface area contributed by atoms with Gasteiger partial charge >= 0.3 is 11.7 Å². The molecule has 0 aliphatic carbocycles. The van der Waals surface area contributed by atoms with Crippen molar-refractivity contribution >= 4 is 5.97 Å². The van der Waals surface area contributed by atoms with E-state index in [1.54, 1.807) is 6.92 Å². The van der Waals surface area contributed by atoms with Crippen molar-refractivity contribution in [2.75, 3.05) is 0 Å². The Morgan fingerprint density at radius 3 is 2.67 bits per heavy atom. The van der Waals surface area contributed by atoms with E-state index in [2.05, 4.69) is 0 Å². The maximum absolute atomic E-state index is 12.0. The van der Waals surface area contributed by atoms with E-state index in [1.807, 2.05) is 6.92 Å². The summed E-state index contributed by atoms with van der Waals surface area (Å²) in [5.41, 5.74) is -0.399. The minimum atomic E-state index is -1.09. The van der Waals surface area contributed by atoms with Crippen molar-refractivity contribution in [3.63, 3.8) is 0 Å². The van der Waals surface area contributed by atoms with Crippen molar-refractivity contribution in [2.45, 2.75) is 33.4 Å². The molecule has 0 fully saturated rings. The van der Waals surface area contributed by atoms with E-state index in [0.717, 1.165) is 17.1 Å². The molecule has 98 valence electrons. The van der Waals surface area contributed by atoms with Crippen LogP contribution in [0.25, 0.3) is 0 Å². The number of nitrogens with zero attached hydrogens (tertiary/aromatic N) is 2. The van der Waals surface area contributed by atoms with Gasteiger partial charge in [-0.1, -0.05) is 6.92 Å². The Labute approximate surface area is 104 Å². The highest BCUT2D eigenvalue weighted by Crippen LogP contribution is 1.94. The lowest BCUT2D eigenvalue weighted by molar-refractivity contribution is -0.131. The summed E-state index contributed by atoms with van der Waals surface area (Å²) in [5.74, 6) is -1.09. The molecular formula is C12H16N2O4. The minimum Gasteiger partial charge on any atom is -0.478 e. The lowest BCUT2D eigenvalue weighted by Gasteiger charge is -2.08. The van der Waals surface area contributed by atoms with Crippen LogP contribution in [-0.4, -0.2) is 20.2 Å². The molecule has 1 aromatic heterocycles. The molecule has 0 spiro atoms. The Hall–Kier alpha value is -2.11. The third-order valence-electron chi connectivity index (χ3n) is 2.38. The maximum atomic E-state index is 12.0. The monoisotopic (exact) mass is 252 g/mol. The van der Waals surface area contributed by atoms with Gasteiger partial charge in [0.2, 0.25) is 0 Å². The number of hydrogen-bond donors (Lipinski definition) is 1. The average Bonchev–Trinajstić information content (AvgIpc) is 2.27. The molecule has 1 aromatic rings. The predicted molar refractivity (Wildman–Crippen MR) is 66.6 cm³/mol.